The molecule has 0 aliphatic heterocycles. The Hall–Kier alpha value is -0.120. The van der Waals surface area contributed by atoms with Crippen LogP contribution >= 0.6 is 0 Å². The van der Waals surface area contributed by atoms with Gasteiger partial charge in [0, 0.05) is 0 Å². The van der Waals surface area contributed by atoms with Gasteiger partial charge in [0.25, 0.3) is 0 Å². The van der Waals surface area contributed by atoms with E-state index < -0.39 is 6.29 Å². The summed E-state index contributed by atoms with van der Waals surface area (Å²) in [4.78, 5) is 0. The van der Waals surface area contributed by atoms with Gasteiger partial charge >= 0.3 is 0 Å². The second-order valence-corrected chi connectivity index (χ2v) is 2.27. The minimum Gasteiger partial charge on any atom is -0.368 e. The SMILES string of the molecule is C[C@H](CN)CO[C@H](C)O. The average Bonchev–Trinajstić information content (AvgIpc) is 1.83. The van der Waals surface area contributed by atoms with Gasteiger partial charge in [-0.3, -0.25) is 0 Å². The standard InChI is InChI=1S/C6H15NO2/c1-5(3-7)4-9-6(2)8/h5-6,8H,3-4,7H2,1-2H3/t5-,6-/m1/s1. The molecule has 0 saturated carbocycles. The van der Waals surface area contributed by atoms with Crippen molar-refractivity contribution in [2.45, 2.75) is 20.1 Å². The second kappa shape index (κ2) is 4.73. The van der Waals surface area contributed by atoms with Gasteiger partial charge in [-0.05, 0) is 19.4 Å². The van der Waals surface area contributed by atoms with E-state index in [9.17, 15) is 0 Å². The zero-order valence-electron chi connectivity index (χ0n) is 6.00. The molecule has 0 unspecified atom stereocenters. The molecule has 0 saturated heterocycles. The predicted molar refractivity (Wildman–Crippen MR) is 35.9 cm³/mol. The van der Waals surface area contributed by atoms with E-state index in [0.717, 1.165) is 0 Å². The lowest BCUT2D eigenvalue weighted by atomic mass is 10.2. The zero-order chi connectivity index (χ0) is 7.28. The molecule has 9 heavy (non-hydrogen) atoms. The maximum Gasteiger partial charge on any atom is 0.151 e. The molecule has 0 fully saturated rings. The quantitative estimate of drug-likeness (QED) is 0.528. The molecule has 0 aromatic heterocycles. The van der Waals surface area contributed by atoms with Crippen LogP contribution in [0.3, 0.4) is 0 Å². The Labute approximate surface area is 55.8 Å². The van der Waals surface area contributed by atoms with E-state index in [4.69, 9.17) is 15.6 Å². The molecule has 0 aromatic rings. The summed E-state index contributed by atoms with van der Waals surface area (Å²) in [5.41, 5.74) is 5.30. The lowest BCUT2D eigenvalue weighted by Gasteiger charge is -2.10. The van der Waals surface area contributed by atoms with Gasteiger partial charge < -0.3 is 15.6 Å². The molecule has 0 spiro atoms. The van der Waals surface area contributed by atoms with Gasteiger partial charge in [-0.25, -0.2) is 0 Å². The van der Waals surface area contributed by atoms with Crippen LogP contribution in [0.2, 0.25) is 0 Å². The third-order valence-electron chi connectivity index (χ3n) is 1.02. The van der Waals surface area contributed by atoms with Crippen molar-refractivity contribution in [1.82, 2.24) is 0 Å². The van der Waals surface area contributed by atoms with Crippen molar-refractivity contribution < 1.29 is 9.84 Å². The normalized spacial score (nSPS) is 17.3. The number of ether oxygens (including phenoxy) is 1. The van der Waals surface area contributed by atoms with Crippen LogP contribution in [-0.4, -0.2) is 24.5 Å². The highest BCUT2D eigenvalue weighted by molar-refractivity contribution is 4.49. The molecule has 3 N–H and O–H groups in total. The maximum absolute atomic E-state index is 8.63. The van der Waals surface area contributed by atoms with Gasteiger partial charge in [0.2, 0.25) is 0 Å². The fraction of sp³-hybridized carbons (Fsp3) is 1.00. The number of hydrogen-bond donors (Lipinski definition) is 2. The largest absolute Gasteiger partial charge is 0.368 e. The molecular formula is C6H15NO2. The molecular weight excluding hydrogens is 118 g/mol. The monoisotopic (exact) mass is 133 g/mol. The first kappa shape index (κ1) is 8.88. The number of nitrogens with two attached hydrogens (primary N) is 1. The third-order valence-corrected chi connectivity index (χ3v) is 1.02. The van der Waals surface area contributed by atoms with Gasteiger partial charge in [-0.2, -0.15) is 0 Å². The topological polar surface area (TPSA) is 55.5 Å². The van der Waals surface area contributed by atoms with Crippen molar-refractivity contribution in [2.75, 3.05) is 13.2 Å². The van der Waals surface area contributed by atoms with Crippen molar-refractivity contribution in [2.24, 2.45) is 11.7 Å². The third kappa shape index (κ3) is 5.76. The van der Waals surface area contributed by atoms with Gasteiger partial charge in [0.05, 0.1) is 6.61 Å². The van der Waals surface area contributed by atoms with E-state index >= 15 is 0 Å². The lowest BCUT2D eigenvalue weighted by Crippen LogP contribution is -2.19. The Morgan fingerprint density at radius 3 is 2.44 bits per heavy atom. The van der Waals surface area contributed by atoms with Gasteiger partial charge in [-0.1, -0.05) is 6.92 Å². The van der Waals surface area contributed by atoms with Crippen LogP contribution in [-0.2, 0) is 4.74 Å². The number of aliphatic hydroxyl groups is 1. The maximum atomic E-state index is 8.63. The summed E-state index contributed by atoms with van der Waals surface area (Å²) in [6, 6.07) is 0. The molecule has 0 aliphatic rings. The van der Waals surface area contributed by atoms with Crippen LogP contribution in [0.15, 0.2) is 0 Å². The Kier molecular flexibility index (Phi) is 4.67. The Balaban J connectivity index is 3.06. The summed E-state index contributed by atoms with van der Waals surface area (Å²) >= 11 is 0. The van der Waals surface area contributed by atoms with Crippen molar-refractivity contribution in [1.29, 1.82) is 0 Å². The second-order valence-electron chi connectivity index (χ2n) is 2.27. The first-order chi connectivity index (χ1) is 4.16. The molecule has 2 atom stereocenters. The Bertz CT molecular complexity index is 66.1. The zero-order valence-corrected chi connectivity index (χ0v) is 6.00. The predicted octanol–water partition coefficient (Wildman–Crippen LogP) is -0.0639. The molecule has 0 aliphatic carbocycles. The highest BCUT2D eigenvalue weighted by Crippen LogP contribution is 1.93. The van der Waals surface area contributed by atoms with Crippen LogP contribution in [0.4, 0.5) is 0 Å². The first-order valence-electron chi connectivity index (χ1n) is 3.16. The summed E-state index contributed by atoms with van der Waals surface area (Å²) in [7, 11) is 0. The van der Waals surface area contributed by atoms with Crippen LogP contribution < -0.4 is 5.73 Å². The average molecular weight is 133 g/mol. The summed E-state index contributed by atoms with van der Waals surface area (Å²) in [6.45, 7) is 4.70. The Morgan fingerprint density at radius 2 is 2.11 bits per heavy atom. The van der Waals surface area contributed by atoms with E-state index in [0.29, 0.717) is 19.1 Å². The van der Waals surface area contributed by atoms with Crippen LogP contribution in [0.5, 0.6) is 0 Å². The van der Waals surface area contributed by atoms with Crippen LogP contribution in [0.25, 0.3) is 0 Å². The van der Waals surface area contributed by atoms with E-state index in [1.165, 1.54) is 0 Å². The van der Waals surface area contributed by atoms with E-state index in [-0.39, 0.29) is 0 Å². The number of rotatable bonds is 4. The molecule has 3 nitrogen and oxygen atoms in total. The van der Waals surface area contributed by atoms with Crippen molar-refractivity contribution in [3.8, 4) is 0 Å². The molecule has 56 valence electrons. The van der Waals surface area contributed by atoms with Gasteiger partial charge in [0.1, 0.15) is 0 Å². The lowest BCUT2D eigenvalue weighted by molar-refractivity contribution is -0.0938. The smallest absolute Gasteiger partial charge is 0.151 e. The van der Waals surface area contributed by atoms with Crippen molar-refractivity contribution in [3.63, 3.8) is 0 Å². The van der Waals surface area contributed by atoms with E-state index in [1.54, 1.807) is 6.92 Å². The fourth-order valence-electron chi connectivity index (χ4n) is 0.372. The highest BCUT2D eigenvalue weighted by atomic mass is 16.6. The summed E-state index contributed by atoms with van der Waals surface area (Å²) in [5, 5.41) is 8.63. The summed E-state index contributed by atoms with van der Waals surface area (Å²) in [5.74, 6) is 0.333. The van der Waals surface area contributed by atoms with Crippen LogP contribution in [0.1, 0.15) is 13.8 Å². The fourth-order valence-corrected chi connectivity index (χ4v) is 0.372. The van der Waals surface area contributed by atoms with Crippen molar-refractivity contribution >= 4 is 0 Å². The van der Waals surface area contributed by atoms with E-state index in [2.05, 4.69) is 0 Å². The molecule has 0 heterocycles. The molecule has 0 rings (SSSR count). The molecule has 0 bridgehead atoms. The molecule has 0 aromatic carbocycles. The van der Waals surface area contributed by atoms with Gasteiger partial charge in [0.15, 0.2) is 6.29 Å². The Morgan fingerprint density at radius 1 is 1.56 bits per heavy atom. The van der Waals surface area contributed by atoms with Gasteiger partial charge in [-0.15, -0.1) is 0 Å². The highest BCUT2D eigenvalue weighted by Gasteiger charge is 2.00. The molecule has 3 heteroatoms. The number of aliphatic hydroxyl groups excluding tert-OH is 1. The minimum absolute atomic E-state index is 0.333. The first-order valence-corrected chi connectivity index (χ1v) is 3.16. The van der Waals surface area contributed by atoms with E-state index in [1.807, 2.05) is 6.92 Å². The number of hydrogen-bond acceptors (Lipinski definition) is 3. The molecule has 0 amide bonds. The molecule has 0 radical (unpaired) electrons. The summed E-state index contributed by atoms with van der Waals surface area (Å²) in [6.07, 6.45) is -0.668. The van der Waals surface area contributed by atoms with Crippen LogP contribution in [0, 0.1) is 5.92 Å². The minimum atomic E-state index is -0.668. The van der Waals surface area contributed by atoms with Crippen molar-refractivity contribution in [3.05, 3.63) is 0 Å². The summed E-state index contributed by atoms with van der Waals surface area (Å²) < 4.78 is 4.87.